The van der Waals surface area contributed by atoms with Crippen molar-refractivity contribution in [3.8, 4) is 5.75 Å². The minimum atomic E-state index is -0.522. The second kappa shape index (κ2) is 9.88. The predicted octanol–water partition coefficient (Wildman–Crippen LogP) is 4.37. The predicted molar refractivity (Wildman–Crippen MR) is 102 cm³/mol. The zero-order valence-electron chi connectivity index (χ0n) is 14.9. The van der Waals surface area contributed by atoms with Gasteiger partial charge >= 0.3 is 6.09 Å². The fraction of sp³-hybridized carbons (Fsp3) is 0.200. The molecule has 0 aliphatic heterocycles. The van der Waals surface area contributed by atoms with Gasteiger partial charge < -0.3 is 14.3 Å². The number of carbonyl (C=O) groups is 1. The fourth-order valence-electron chi connectivity index (χ4n) is 2.14. The Morgan fingerprint density at radius 3 is 2.81 bits per heavy atom. The van der Waals surface area contributed by atoms with Gasteiger partial charge in [0.25, 0.3) is 0 Å². The number of rotatable bonds is 8. The summed E-state index contributed by atoms with van der Waals surface area (Å²) in [4.78, 5) is 16.5. The molecule has 1 amide bonds. The molecule has 0 heterocycles. The number of benzene rings is 2. The Hall–Kier alpha value is -3.28. The third kappa shape index (κ3) is 5.66. The topological polar surface area (TPSA) is 69.2 Å². The number of anilines is 1. The summed E-state index contributed by atoms with van der Waals surface area (Å²) in [6, 6.07) is 14.9. The highest BCUT2D eigenvalue weighted by Gasteiger charge is 2.07. The van der Waals surface area contributed by atoms with Crippen molar-refractivity contribution in [1.82, 2.24) is 0 Å². The van der Waals surface area contributed by atoms with Crippen LogP contribution in [0.1, 0.15) is 18.1 Å². The van der Waals surface area contributed by atoms with Crippen molar-refractivity contribution in [3.63, 3.8) is 0 Å². The maximum atomic E-state index is 11.4. The highest BCUT2D eigenvalue weighted by Crippen LogP contribution is 2.20. The number of nitrogens with zero attached hydrogens (tertiary/aromatic N) is 1. The molecule has 6 nitrogen and oxygen atoms in total. The zero-order valence-corrected chi connectivity index (χ0v) is 14.9. The van der Waals surface area contributed by atoms with E-state index in [4.69, 9.17) is 9.57 Å². The molecule has 0 atom stereocenters. The van der Waals surface area contributed by atoms with Crippen molar-refractivity contribution < 1.29 is 19.1 Å². The van der Waals surface area contributed by atoms with Gasteiger partial charge in [-0.2, -0.15) is 0 Å². The van der Waals surface area contributed by atoms with Crippen LogP contribution < -0.4 is 10.1 Å². The summed E-state index contributed by atoms with van der Waals surface area (Å²) in [6.45, 7) is 6.10. The summed E-state index contributed by atoms with van der Waals surface area (Å²) < 4.78 is 10.5. The summed E-state index contributed by atoms with van der Waals surface area (Å²) in [7, 11) is 1.32. The Balaban J connectivity index is 2.06. The zero-order chi connectivity index (χ0) is 18.8. The van der Waals surface area contributed by atoms with Crippen LogP contribution in [0.3, 0.4) is 0 Å². The molecule has 26 heavy (non-hydrogen) atoms. The molecule has 0 aliphatic carbocycles. The van der Waals surface area contributed by atoms with Gasteiger partial charge in [0.1, 0.15) is 19.0 Å². The van der Waals surface area contributed by atoms with Crippen LogP contribution in [-0.2, 0) is 16.2 Å². The van der Waals surface area contributed by atoms with E-state index in [1.165, 1.54) is 7.11 Å². The minimum Gasteiger partial charge on any atom is -0.489 e. The number of para-hydroxylation sites is 1. The maximum absolute atomic E-state index is 11.4. The second-order valence-corrected chi connectivity index (χ2v) is 5.35. The standard InChI is InChI=1S/C20H22N2O4/c1-4-12-26-22-15(2)16-9-7-10-18(13-16)25-14-17-8-5-6-11-19(17)21-20(23)24-3/h4-11,13H,1,12,14H2,2-3H3,(H,21,23). The van der Waals surface area contributed by atoms with E-state index in [1.807, 2.05) is 49.4 Å². The first kappa shape index (κ1) is 19.1. The number of ether oxygens (including phenoxy) is 2. The molecule has 0 radical (unpaired) electrons. The number of oxime groups is 1. The highest BCUT2D eigenvalue weighted by atomic mass is 16.6. The molecular formula is C20H22N2O4. The summed E-state index contributed by atoms with van der Waals surface area (Å²) in [5.74, 6) is 0.689. The van der Waals surface area contributed by atoms with Crippen molar-refractivity contribution in [2.75, 3.05) is 19.0 Å². The Morgan fingerprint density at radius 1 is 1.23 bits per heavy atom. The van der Waals surface area contributed by atoms with Crippen LogP contribution in [0.25, 0.3) is 0 Å². The van der Waals surface area contributed by atoms with Gasteiger partial charge in [-0.15, -0.1) is 0 Å². The van der Waals surface area contributed by atoms with Crippen LogP contribution in [0.2, 0.25) is 0 Å². The van der Waals surface area contributed by atoms with E-state index < -0.39 is 6.09 Å². The number of nitrogens with one attached hydrogen (secondary N) is 1. The van der Waals surface area contributed by atoms with E-state index in [1.54, 1.807) is 12.1 Å². The average molecular weight is 354 g/mol. The number of hydrogen-bond donors (Lipinski definition) is 1. The largest absolute Gasteiger partial charge is 0.489 e. The van der Waals surface area contributed by atoms with E-state index in [9.17, 15) is 4.79 Å². The van der Waals surface area contributed by atoms with E-state index in [2.05, 4.69) is 21.8 Å². The van der Waals surface area contributed by atoms with E-state index in [0.29, 0.717) is 24.7 Å². The lowest BCUT2D eigenvalue weighted by molar-refractivity contribution is 0.175. The SMILES string of the molecule is C=CCON=C(C)c1cccc(OCc2ccccc2NC(=O)OC)c1. The van der Waals surface area contributed by atoms with Crippen LogP contribution in [-0.4, -0.2) is 25.5 Å². The van der Waals surface area contributed by atoms with Gasteiger partial charge in [-0.3, -0.25) is 5.32 Å². The van der Waals surface area contributed by atoms with Crippen molar-refractivity contribution in [2.24, 2.45) is 5.16 Å². The molecule has 0 aromatic heterocycles. The van der Waals surface area contributed by atoms with Crippen molar-refractivity contribution >= 4 is 17.5 Å². The summed E-state index contributed by atoms with van der Waals surface area (Å²) in [5, 5.41) is 6.70. The van der Waals surface area contributed by atoms with Crippen LogP contribution in [0.4, 0.5) is 10.5 Å². The summed E-state index contributed by atoms with van der Waals surface area (Å²) >= 11 is 0. The average Bonchev–Trinajstić information content (AvgIpc) is 2.67. The lowest BCUT2D eigenvalue weighted by atomic mass is 10.1. The van der Waals surface area contributed by atoms with E-state index in [-0.39, 0.29) is 0 Å². The van der Waals surface area contributed by atoms with E-state index in [0.717, 1.165) is 16.8 Å². The van der Waals surface area contributed by atoms with Gasteiger partial charge in [0.15, 0.2) is 0 Å². The summed E-state index contributed by atoms with van der Waals surface area (Å²) in [5.41, 5.74) is 3.12. The van der Waals surface area contributed by atoms with Crippen molar-refractivity contribution in [2.45, 2.75) is 13.5 Å². The third-order valence-corrected chi connectivity index (χ3v) is 3.48. The molecule has 0 unspecified atom stereocenters. The van der Waals surface area contributed by atoms with Gasteiger partial charge in [0, 0.05) is 11.1 Å². The maximum Gasteiger partial charge on any atom is 0.411 e. The Kier molecular flexibility index (Phi) is 7.24. The monoisotopic (exact) mass is 354 g/mol. The van der Waals surface area contributed by atoms with Crippen LogP contribution >= 0.6 is 0 Å². The molecule has 1 N–H and O–H groups in total. The molecule has 0 saturated heterocycles. The highest BCUT2D eigenvalue weighted by molar-refractivity contribution is 5.98. The van der Waals surface area contributed by atoms with Crippen LogP contribution in [0.5, 0.6) is 5.75 Å². The quantitative estimate of drug-likeness (QED) is 0.331. The molecule has 0 bridgehead atoms. The van der Waals surface area contributed by atoms with Crippen molar-refractivity contribution in [3.05, 3.63) is 72.3 Å². The molecule has 0 spiro atoms. The molecule has 2 rings (SSSR count). The van der Waals surface area contributed by atoms with Crippen LogP contribution in [0, 0.1) is 0 Å². The van der Waals surface area contributed by atoms with Gasteiger partial charge in [-0.1, -0.05) is 48.1 Å². The van der Waals surface area contributed by atoms with Crippen LogP contribution in [0.15, 0.2) is 66.3 Å². The minimum absolute atomic E-state index is 0.298. The number of carbonyl (C=O) groups excluding carboxylic acids is 1. The lowest BCUT2D eigenvalue weighted by Crippen LogP contribution is -2.13. The van der Waals surface area contributed by atoms with Gasteiger partial charge in [-0.25, -0.2) is 4.79 Å². The third-order valence-electron chi connectivity index (χ3n) is 3.48. The molecule has 0 saturated carbocycles. The number of amides is 1. The molecule has 2 aromatic rings. The molecule has 136 valence electrons. The molecule has 0 aliphatic rings. The van der Waals surface area contributed by atoms with E-state index >= 15 is 0 Å². The number of methoxy groups -OCH3 is 1. The molecule has 2 aromatic carbocycles. The Bertz CT molecular complexity index is 787. The first-order valence-electron chi connectivity index (χ1n) is 8.07. The van der Waals surface area contributed by atoms with Gasteiger partial charge in [0.05, 0.1) is 18.5 Å². The Morgan fingerprint density at radius 2 is 2.04 bits per heavy atom. The number of hydrogen-bond acceptors (Lipinski definition) is 5. The first-order valence-corrected chi connectivity index (χ1v) is 8.07. The van der Waals surface area contributed by atoms with Gasteiger partial charge in [0.2, 0.25) is 0 Å². The summed E-state index contributed by atoms with van der Waals surface area (Å²) in [6.07, 6.45) is 1.11. The normalized spacial score (nSPS) is 10.8. The fourth-order valence-corrected chi connectivity index (χ4v) is 2.14. The smallest absolute Gasteiger partial charge is 0.411 e. The van der Waals surface area contributed by atoms with Crippen molar-refractivity contribution in [1.29, 1.82) is 0 Å². The Labute approximate surface area is 153 Å². The lowest BCUT2D eigenvalue weighted by Gasteiger charge is -2.12. The molecular weight excluding hydrogens is 332 g/mol. The van der Waals surface area contributed by atoms with Gasteiger partial charge in [-0.05, 0) is 25.1 Å². The first-order chi connectivity index (χ1) is 12.6. The molecule has 6 heteroatoms. The molecule has 0 fully saturated rings. The second-order valence-electron chi connectivity index (χ2n) is 5.35.